The van der Waals surface area contributed by atoms with Crippen molar-refractivity contribution in [3.8, 4) is 0 Å². The lowest BCUT2D eigenvalue weighted by atomic mass is 9.36. The predicted octanol–water partition coefficient (Wildman–Crippen LogP) is 5.05. The summed E-state index contributed by atoms with van der Waals surface area (Å²) in [6.45, 7) is 13.2. The number of hydrogen-bond donors (Lipinski definition) is 2. The van der Waals surface area contributed by atoms with E-state index in [-0.39, 0.29) is 34.9 Å². The number of esters is 1. The van der Waals surface area contributed by atoms with Crippen LogP contribution in [0, 0.1) is 39.9 Å². The van der Waals surface area contributed by atoms with Gasteiger partial charge in [-0.1, -0.05) is 39.3 Å². The Morgan fingerprint density at radius 3 is 2.34 bits per heavy atom. The monoisotopic (exact) mass is 528 g/mol. The zero-order valence-corrected chi connectivity index (χ0v) is 23.9. The van der Waals surface area contributed by atoms with Gasteiger partial charge in [0.1, 0.15) is 18.0 Å². The highest BCUT2D eigenvalue weighted by atomic mass is 16.5. The van der Waals surface area contributed by atoms with E-state index in [0.717, 1.165) is 5.57 Å². The third kappa shape index (κ3) is 4.02. The average molecular weight is 529 g/mol. The minimum atomic E-state index is -1.26. The lowest BCUT2D eigenvalue weighted by molar-refractivity contribution is -0.213. The molecular weight excluding hydrogens is 484 g/mol. The molecule has 7 nitrogen and oxygen atoms in total. The molecule has 38 heavy (non-hydrogen) atoms. The maximum absolute atomic E-state index is 14.3. The van der Waals surface area contributed by atoms with Crippen molar-refractivity contribution in [3.63, 3.8) is 0 Å². The quantitative estimate of drug-likeness (QED) is 0.291. The van der Waals surface area contributed by atoms with Crippen molar-refractivity contribution in [2.24, 2.45) is 39.9 Å². The minimum absolute atomic E-state index is 0.0658. The molecule has 210 valence electrons. The highest BCUT2D eigenvalue weighted by Gasteiger charge is 2.73. The summed E-state index contributed by atoms with van der Waals surface area (Å²) in [5.41, 5.74) is -0.0476. The van der Waals surface area contributed by atoms with Crippen LogP contribution in [0.25, 0.3) is 0 Å². The van der Waals surface area contributed by atoms with Crippen molar-refractivity contribution in [2.45, 2.75) is 106 Å². The fourth-order valence-corrected chi connectivity index (χ4v) is 9.37. The Kier molecular flexibility index (Phi) is 7.35. The topological polar surface area (TPSA) is 118 Å². The number of rotatable bonds is 5. The average Bonchev–Trinajstić information content (AvgIpc) is 3.09. The molecule has 0 heterocycles. The fraction of sp³-hybridized carbons (Fsp3) is 0.742. The van der Waals surface area contributed by atoms with Gasteiger partial charge in [-0.3, -0.25) is 14.4 Å². The van der Waals surface area contributed by atoms with Crippen LogP contribution >= 0.6 is 0 Å². The number of ether oxygens (including phenoxy) is 1. The van der Waals surface area contributed by atoms with Gasteiger partial charge in [0.05, 0.1) is 0 Å². The lowest BCUT2D eigenvalue weighted by Gasteiger charge is -2.67. The van der Waals surface area contributed by atoms with Crippen LogP contribution in [0.15, 0.2) is 22.8 Å². The van der Waals surface area contributed by atoms with Crippen LogP contribution in [0.5, 0.6) is 0 Å². The van der Waals surface area contributed by atoms with E-state index in [0.29, 0.717) is 50.5 Å². The summed E-state index contributed by atoms with van der Waals surface area (Å²) in [6, 6.07) is 0. The van der Waals surface area contributed by atoms with Gasteiger partial charge < -0.3 is 14.9 Å². The van der Waals surface area contributed by atoms with Gasteiger partial charge in [-0.05, 0) is 80.6 Å². The number of carboxylic acid groups (broad SMARTS) is 1. The number of Topliss-reactive ketones (excluding diaryl/α,β-unsaturated/α-hetero) is 2. The first-order valence-corrected chi connectivity index (χ1v) is 14.1. The van der Waals surface area contributed by atoms with Gasteiger partial charge in [-0.25, -0.2) is 4.79 Å². The van der Waals surface area contributed by atoms with Gasteiger partial charge in [-0.15, -0.1) is 0 Å². The van der Waals surface area contributed by atoms with Crippen LogP contribution in [0.3, 0.4) is 0 Å². The van der Waals surface area contributed by atoms with Crippen molar-refractivity contribution in [3.05, 3.63) is 22.8 Å². The number of fused-ring (bicyclic) bond motifs is 5. The molecule has 0 aromatic rings. The fourth-order valence-electron chi connectivity index (χ4n) is 9.37. The zero-order valence-electron chi connectivity index (χ0n) is 23.9. The third-order valence-electron chi connectivity index (χ3n) is 11.2. The molecule has 0 aliphatic heterocycles. The molecule has 4 aliphatic carbocycles. The van der Waals surface area contributed by atoms with Gasteiger partial charge in [0.2, 0.25) is 0 Å². The number of carbonyl (C=O) groups is 4. The van der Waals surface area contributed by atoms with Gasteiger partial charge in [0.15, 0.2) is 5.78 Å². The molecule has 0 amide bonds. The Morgan fingerprint density at radius 1 is 1.11 bits per heavy atom. The van der Waals surface area contributed by atoms with E-state index in [1.165, 1.54) is 6.92 Å². The molecule has 7 heteroatoms. The summed E-state index contributed by atoms with van der Waals surface area (Å²) in [7, 11) is 0. The number of carbonyl (C=O) groups excluding carboxylic acids is 3. The van der Waals surface area contributed by atoms with Gasteiger partial charge in [-0.2, -0.15) is 0 Å². The third-order valence-corrected chi connectivity index (χ3v) is 11.2. The lowest BCUT2D eigenvalue weighted by Crippen LogP contribution is -2.69. The minimum Gasteiger partial charge on any atom is -0.478 e. The van der Waals surface area contributed by atoms with E-state index in [4.69, 9.17) is 4.74 Å². The Balaban J connectivity index is 1.86. The Morgan fingerprint density at radius 2 is 1.76 bits per heavy atom. The molecule has 2 N–H and O–H groups in total. The Labute approximate surface area is 226 Å². The second-order valence-electron chi connectivity index (χ2n) is 13.3. The maximum Gasteiger partial charge on any atom is 0.331 e. The Bertz CT molecular complexity index is 1110. The molecule has 0 aromatic carbocycles. The number of allylic oxidation sites excluding steroid dienone is 2. The highest BCUT2D eigenvalue weighted by Crippen LogP contribution is 2.73. The molecule has 4 aliphatic rings. The number of carboxylic acids is 1. The van der Waals surface area contributed by atoms with Crippen molar-refractivity contribution in [1.29, 1.82) is 0 Å². The van der Waals surface area contributed by atoms with E-state index >= 15 is 0 Å². The normalized spacial score (nSPS) is 43.5. The van der Waals surface area contributed by atoms with Crippen molar-refractivity contribution < 1.29 is 34.1 Å². The van der Waals surface area contributed by atoms with Crippen LogP contribution in [-0.2, 0) is 23.9 Å². The van der Waals surface area contributed by atoms with Crippen LogP contribution in [0.4, 0.5) is 0 Å². The van der Waals surface area contributed by atoms with Crippen molar-refractivity contribution in [1.82, 2.24) is 0 Å². The number of aliphatic hydroxyl groups excluding tert-OH is 1. The van der Waals surface area contributed by atoms with E-state index < -0.39 is 46.3 Å². The van der Waals surface area contributed by atoms with E-state index in [1.54, 1.807) is 0 Å². The number of aliphatic carboxylic acids is 1. The molecule has 0 saturated heterocycles. The summed E-state index contributed by atoms with van der Waals surface area (Å²) >= 11 is 0. The Hall–Kier alpha value is -2.28. The first-order valence-electron chi connectivity index (χ1n) is 14.1. The van der Waals surface area contributed by atoms with Crippen LogP contribution < -0.4 is 0 Å². The molecule has 0 aromatic heterocycles. The molecule has 0 unspecified atom stereocenters. The second kappa shape index (κ2) is 9.72. The molecular formula is C31H44O7. The van der Waals surface area contributed by atoms with Crippen LogP contribution in [-0.4, -0.2) is 45.9 Å². The molecule has 0 radical (unpaired) electrons. The highest BCUT2D eigenvalue weighted by molar-refractivity contribution is 5.94. The SMILES string of the molecule is CC(=O)O[C@H]1C[C@@]2(C)[C@@H](CC[C@@H]3[C@]4(C)CCC(=O)[C@H](C)[C@H]4[C@H](O)C(=O)[C@]32C)/C1=C(/CCC=C(C)C)C(=O)O. The van der Waals surface area contributed by atoms with Gasteiger partial charge in [0, 0.05) is 36.2 Å². The number of ketones is 2. The molecule has 0 bridgehead atoms. The van der Waals surface area contributed by atoms with Crippen LogP contribution in [0.1, 0.15) is 93.4 Å². The van der Waals surface area contributed by atoms with Crippen molar-refractivity contribution in [2.75, 3.05) is 0 Å². The largest absolute Gasteiger partial charge is 0.478 e. The van der Waals surface area contributed by atoms with Crippen LogP contribution in [0.2, 0.25) is 0 Å². The predicted molar refractivity (Wildman–Crippen MR) is 142 cm³/mol. The smallest absolute Gasteiger partial charge is 0.331 e. The first-order chi connectivity index (χ1) is 17.6. The first kappa shape index (κ1) is 28.7. The number of hydrogen-bond acceptors (Lipinski definition) is 6. The van der Waals surface area contributed by atoms with E-state index in [9.17, 15) is 29.4 Å². The summed E-state index contributed by atoms with van der Waals surface area (Å²) in [4.78, 5) is 51.7. The molecule has 4 fully saturated rings. The standard InChI is InChI=1S/C31H44O7/c1-16(2)9-8-10-19(28(36)37)24-20-11-12-23-29(5)14-13-21(33)17(3)25(29)26(34)27(35)31(23,7)30(20,6)15-22(24)38-18(4)32/h9,17,20,22-23,25-26,34H,8,10-15H2,1-7H3,(H,36,37)/b24-19+/t17-,20-,22-,23+,25-,26-,29-,30-,31-/m0/s1. The summed E-state index contributed by atoms with van der Waals surface area (Å²) in [5, 5.41) is 21.8. The molecule has 4 rings (SSSR count). The van der Waals surface area contributed by atoms with E-state index in [2.05, 4.69) is 6.92 Å². The summed E-state index contributed by atoms with van der Waals surface area (Å²) < 4.78 is 5.80. The molecule has 4 saturated carbocycles. The second-order valence-corrected chi connectivity index (χ2v) is 13.3. The molecule has 9 atom stereocenters. The van der Waals surface area contributed by atoms with Gasteiger partial charge >= 0.3 is 11.9 Å². The van der Waals surface area contributed by atoms with E-state index in [1.807, 2.05) is 40.7 Å². The number of aliphatic hydroxyl groups is 1. The summed E-state index contributed by atoms with van der Waals surface area (Å²) in [5.74, 6) is -2.77. The zero-order chi connectivity index (χ0) is 28.4. The van der Waals surface area contributed by atoms with Crippen molar-refractivity contribution >= 4 is 23.5 Å². The molecule has 0 spiro atoms. The van der Waals surface area contributed by atoms with Gasteiger partial charge in [0.25, 0.3) is 0 Å². The maximum atomic E-state index is 14.3. The summed E-state index contributed by atoms with van der Waals surface area (Å²) in [6.07, 6.45) is 3.69.